The fraction of sp³-hybridized carbons (Fsp3) is 0.328. The summed E-state index contributed by atoms with van der Waals surface area (Å²) < 4.78 is 0. The third-order valence-corrected chi connectivity index (χ3v) is 26.4. The summed E-state index contributed by atoms with van der Waals surface area (Å²) in [6.07, 6.45) is 41.9. The van der Waals surface area contributed by atoms with E-state index in [1.165, 1.54) is 285 Å². The van der Waals surface area contributed by atoms with Crippen LogP contribution < -0.4 is 0 Å². The monoisotopic (exact) mass is 1580 g/mol. The van der Waals surface area contributed by atoms with Crippen LogP contribution in [0.25, 0.3) is 108 Å². The molecule has 608 valence electrons. The molecule has 0 aliphatic heterocycles. The van der Waals surface area contributed by atoms with E-state index < -0.39 is 0 Å². The summed E-state index contributed by atoms with van der Waals surface area (Å²) in [5.74, 6) is 45.5. The number of benzene rings is 15. The normalized spacial score (nSPS) is 11.8. The Balaban J connectivity index is 0.928. The molecule has 1 aliphatic carbocycles. The van der Waals surface area contributed by atoms with E-state index in [1.807, 2.05) is 0 Å². The van der Waals surface area contributed by atoms with E-state index in [0.29, 0.717) is 0 Å². The first-order valence-corrected chi connectivity index (χ1v) is 47.4. The summed E-state index contributed by atoms with van der Waals surface area (Å²) in [5.41, 5.74) is 17.1. The molecule has 0 radical (unpaired) electrons. The topological polar surface area (TPSA) is 0 Å². The van der Waals surface area contributed by atoms with Crippen LogP contribution in [0.15, 0.2) is 212 Å². The molecule has 16 rings (SSSR count). The summed E-state index contributed by atoms with van der Waals surface area (Å²) in [6, 6.07) is 80.3. The molecule has 15 aromatic rings. The van der Waals surface area contributed by atoms with Crippen molar-refractivity contribution in [2.45, 2.75) is 259 Å². The third-order valence-electron chi connectivity index (χ3n) is 26.4. The molecule has 0 nitrogen and oxygen atoms in total. The van der Waals surface area contributed by atoms with Gasteiger partial charge in [0.15, 0.2) is 0 Å². The predicted molar refractivity (Wildman–Crippen MR) is 530 cm³/mol. The Morgan fingerprint density at radius 2 is 0.270 bits per heavy atom. The zero-order chi connectivity index (χ0) is 83.2. The molecule has 15 aromatic carbocycles. The van der Waals surface area contributed by atoms with Gasteiger partial charge in [0.2, 0.25) is 0 Å². The Kier molecular flexibility index (Phi) is 28.7. The quantitative estimate of drug-likeness (QED) is 0.0211. The molecule has 1 aliphatic rings. The van der Waals surface area contributed by atoms with Gasteiger partial charge in [0.05, 0.1) is 0 Å². The highest BCUT2D eigenvalue weighted by Crippen LogP contribution is 2.41. The smallest absolute Gasteiger partial charge is 0.0334 e. The molecule has 0 saturated heterocycles. The molecule has 0 spiro atoms. The van der Waals surface area contributed by atoms with Crippen LogP contribution in [0.1, 0.15) is 311 Å². The van der Waals surface area contributed by atoms with Gasteiger partial charge in [-0.25, -0.2) is 0 Å². The highest BCUT2D eigenvalue weighted by atomic mass is 14.2. The van der Waals surface area contributed by atoms with Gasteiger partial charge in [-0.15, -0.1) is 0 Å². The average Bonchev–Trinajstić information content (AvgIpc) is 0.777. The largest absolute Gasteiger partial charge is 0.0654 e. The fourth-order valence-corrected chi connectivity index (χ4v) is 19.9. The molecule has 0 heterocycles. The minimum Gasteiger partial charge on any atom is -0.0654 e. The first-order chi connectivity index (χ1) is 60.4. The summed E-state index contributed by atoms with van der Waals surface area (Å²) >= 11 is 0. The van der Waals surface area contributed by atoms with E-state index in [9.17, 15) is 0 Å². The molecular weight excluding hydrogens is 1470 g/mol. The molecule has 0 unspecified atom stereocenters. The number of rotatable bonds is 35. The van der Waals surface area contributed by atoms with Crippen molar-refractivity contribution in [3.63, 3.8) is 0 Å². The van der Waals surface area contributed by atoms with Crippen LogP contribution in [0, 0.1) is 71.0 Å². The zero-order valence-corrected chi connectivity index (χ0v) is 73.5. The van der Waals surface area contributed by atoms with Crippen molar-refractivity contribution >= 4 is 108 Å². The molecular formula is C122H120. The van der Waals surface area contributed by atoms with E-state index >= 15 is 0 Å². The molecule has 0 fully saturated rings. The predicted octanol–water partition coefficient (Wildman–Crippen LogP) is 33.0. The maximum absolute atomic E-state index is 3.91. The van der Waals surface area contributed by atoms with Crippen LogP contribution in [-0.2, 0) is 32.1 Å². The molecule has 0 aromatic heterocycles. The van der Waals surface area contributed by atoms with Crippen LogP contribution in [0.4, 0.5) is 0 Å². The number of aryl methyl sites for hydroxylation is 5. The highest BCUT2D eigenvalue weighted by Gasteiger charge is 2.20. The first kappa shape index (κ1) is 83.9. The third kappa shape index (κ3) is 19.1. The summed E-state index contributed by atoms with van der Waals surface area (Å²) in [6.45, 7) is 11.5. The Morgan fingerprint density at radius 1 is 0.139 bits per heavy atom. The first-order valence-electron chi connectivity index (χ1n) is 47.4. The number of hydrogen-bond acceptors (Lipinski definition) is 0. The second-order valence-electron chi connectivity index (χ2n) is 34.9. The van der Waals surface area contributed by atoms with Crippen molar-refractivity contribution in [3.05, 3.63) is 296 Å². The average molecular weight is 1590 g/mol. The highest BCUT2D eigenvalue weighted by molar-refractivity contribution is 6.12. The number of unbranched alkanes of at least 4 members (excludes halogenated alkanes) is 25. The lowest BCUT2D eigenvalue weighted by Gasteiger charge is -2.15. The van der Waals surface area contributed by atoms with Crippen molar-refractivity contribution in [2.75, 3.05) is 0 Å². The van der Waals surface area contributed by atoms with Gasteiger partial charge in [0.1, 0.15) is 0 Å². The van der Waals surface area contributed by atoms with Crippen LogP contribution >= 0.6 is 0 Å². The van der Waals surface area contributed by atoms with Crippen molar-refractivity contribution in [2.24, 2.45) is 0 Å². The van der Waals surface area contributed by atoms with Gasteiger partial charge in [0, 0.05) is 55.6 Å². The van der Waals surface area contributed by atoms with Gasteiger partial charge in [-0.1, -0.05) is 376 Å². The minimum absolute atomic E-state index is 0.981. The van der Waals surface area contributed by atoms with Gasteiger partial charge in [-0.3, -0.25) is 0 Å². The van der Waals surface area contributed by atoms with Crippen LogP contribution in [-0.4, -0.2) is 0 Å². The fourth-order valence-electron chi connectivity index (χ4n) is 19.9. The van der Waals surface area contributed by atoms with Gasteiger partial charge in [-0.05, 0) is 303 Å². The molecule has 0 amide bonds. The summed E-state index contributed by atoms with van der Waals surface area (Å²) in [4.78, 5) is 0. The van der Waals surface area contributed by atoms with Crippen molar-refractivity contribution in [1.82, 2.24) is 0 Å². The van der Waals surface area contributed by atoms with Crippen LogP contribution in [0.2, 0.25) is 0 Å². The lowest BCUT2D eigenvalue weighted by molar-refractivity contribution is 0.609. The van der Waals surface area contributed by atoms with Crippen LogP contribution in [0.5, 0.6) is 0 Å². The summed E-state index contributed by atoms with van der Waals surface area (Å²) in [5, 5.41) is 24.5. The van der Waals surface area contributed by atoms with E-state index in [0.717, 1.165) is 131 Å². The van der Waals surface area contributed by atoms with E-state index in [2.05, 4.69) is 318 Å². The lowest BCUT2D eigenvalue weighted by Crippen LogP contribution is -1.95. The van der Waals surface area contributed by atoms with Gasteiger partial charge in [0.25, 0.3) is 0 Å². The lowest BCUT2D eigenvalue weighted by atomic mass is 9.88. The van der Waals surface area contributed by atoms with Crippen molar-refractivity contribution < 1.29 is 0 Å². The standard InChI is InChI=1S/C122H120/c1-6-11-16-21-26-31-60-98-103-65-38-50-88-48-36-37-49-89-51-39-66-104-99(61-32-27-22-17-12-7-2)106-68-41-53-91(116(106)84-114(89)104)76-78-93-55-43-70-108-101(63-34-29-24-19-14-9-4)110-72-45-57-95(120(110)86-118(93)108)80-82-97-59-47-74-112-102(64-35-30-25-20-15-10-5)111-73-46-58-96(121(111)87-122(97)112)81-79-94-56-44-71-109-100(62-33-28-23-18-13-8-3)107-69-42-54-92(117(107)85-119(94)109)77-75-90-52-40-67-105(98)115(90)83-113(88)103/h38-47,50-59,65-74,83-87H,6-35,60-64H2,1-5H3. The second kappa shape index (κ2) is 41.7. The second-order valence-corrected chi connectivity index (χ2v) is 34.9. The van der Waals surface area contributed by atoms with E-state index in [1.54, 1.807) is 0 Å². The van der Waals surface area contributed by atoms with Gasteiger partial charge >= 0.3 is 0 Å². The molecule has 0 heteroatoms. The Hall–Kier alpha value is -11.7. The molecule has 0 saturated carbocycles. The van der Waals surface area contributed by atoms with Gasteiger partial charge in [-0.2, -0.15) is 0 Å². The summed E-state index contributed by atoms with van der Waals surface area (Å²) in [7, 11) is 0. The molecule has 0 atom stereocenters. The maximum Gasteiger partial charge on any atom is 0.0334 e. The van der Waals surface area contributed by atoms with Crippen molar-refractivity contribution in [1.29, 1.82) is 0 Å². The number of hydrogen-bond donors (Lipinski definition) is 0. The molecule has 10 bridgehead atoms. The zero-order valence-electron chi connectivity index (χ0n) is 73.5. The SMILES string of the molecule is CCCCCCCCc1c2cccc3c2cc2c(cccc12)C#Cc1cccc2c(CCCCCCCC)c4cccc(c4cc12)C#Cc1cccc2c(CCCCCCCC)c4cccc(c4cc12)C#Cc1cccc2c(CCCCCCCC)c4cccc(c4cc12)C#Cc1cccc2c(CCCCCCCC)c4cccc(c4cc12)C#CC#C3. The Morgan fingerprint density at radius 3 is 0.418 bits per heavy atom. The Bertz CT molecular complexity index is 6390. The maximum atomic E-state index is 3.91. The van der Waals surface area contributed by atoms with E-state index in [4.69, 9.17) is 0 Å². The van der Waals surface area contributed by atoms with Gasteiger partial charge < -0.3 is 0 Å². The molecule has 122 heavy (non-hydrogen) atoms. The minimum atomic E-state index is 0.981. The van der Waals surface area contributed by atoms with E-state index in [-0.39, 0.29) is 0 Å². The Labute approximate surface area is 728 Å². The molecule has 0 N–H and O–H groups in total. The van der Waals surface area contributed by atoms with Crippen molar-refractivity contribution in [3.8, 4) is 71.0 Å². The van der Waals surface area contributed by atoms with Crippen LogP contribution in [0.3, 0.4) is 0 Å².